The van der Waals surface area contributed by atoms with E-state index in [9.17, 15) is 0 Å². The summed E-state index contributed by atoms with van der Waals surface area (Å²) in [6, 6.07) is 15.8. The maximum Gasteiger partial charge on any atom is 0.167 e. The fraction of sp³-hybridized carbons (Fsp3) is 0.188. The van der Waals surface area contributed by atoms with Gasteiger partial charge < -0.3 is 9.26 Å². The van der Waals surface area contributed by atoms with Crippen molar-refractivity contribution in [3.63, 3.8) is 0 Å². The molecule has 2 aromatic carbocycles. The highest BCUT2D eigenvalue weighted by molar-refractivity contribution is 6.18. The molecule has 0 fully saturated rings. The molecule has 3 rings (SSSR count). The van der Waals surface area contributed by atoms with Crippen molar-refractivity contribution in [1.82, 2.24) is 5.16 Å². The Morgan fingerprint density at radius 1 is 1.10 bits per heavy atom. The Labute approximate surface area is 122 Å². The maximum atomic E-state index is 5.80. The maximum absolute atomic E-state index is 5.80. The summed E-state index contributed by atoms with van der Waals surface area (Å²) in [5.74, 6) is 1.33. The van der Waals surface area contributed by atoms with Crippen molar-refractivity contribution in [3.8, 4) is 5.75 Å². The van der Waals surface area contributed by atoms with Gasteiger partial charge in [-0.1, -0.05) is 35.5 Å². The van der Waals surface area contributed by atoms with Crippen LogP contribution in [-0.4, -0.2) is 11.0 Å². The smallest absolute Gasteiger partial charge is 0.167 e. The molecule has 0 atom stereocenters. The fourth-order valence-corrected chi connectivity index (χ4v) is 2.25. The summed E-state index contributed by atoms with van der Waals surface area (Å²) in [6.45, 7) is 0.544. The summed E-state index contributed by atoms with van der Waals surface area (Å²) in [6.07, 6.45) is 0.691. The lowest BCUT2D eigenvalue weighted by Gasteiger charge is -2.06. The summed E-state index contributed by atoms with van der Waals surface area (Å²) in [4.78, 5) is 0. The van der Waals surface area contributed by atoms with Gasteiger partial charge in [0.15, 0.2) is 5.58 Å². The van der Waals surface area contributed by atoms with Gasteiger partial charge in [-0.25, -0.2) is 0 Å². The molecule has 102 valence electrons. The quantitative estimate of drug-likeness (QED) is 0.660. The zero-order valence-electron chi connectivity index (χ0n) is 10.9. The number of alkyl halides is 1. The molecule has 3 nitrogen and oxygen atoms in total. The van der Waals surface area contributed by atoms with E-state index >= 15 is 0 Å². The molecule has 0 N–H and O–H groups in total. The van der Waals surface area contributed by atoms with Gasteiger partial charge in [0.2, 0.25) is 0 Å². The molecule has 0 aliphatic carbocycles. The molecule has 0 aliphatic heterocycles. The molecule has 1 heterocycles. The summed E-state index contributed by atoms with van der Waals surface area (Å²) in [5.41, 5.74) is 2.77. The summed E-state index contributed by atoms with van der Waals surface area (Å²) < 4.78 is 11.1. The van der Waals surface area contributed by atoms with Gasteiger partial charge in [0.25, 0.3) is 0 Å². The number of nitrogens with zero attached hydrogens (tertiary/aromatic N) is 1. The van der Waals surface area contributed by atoms with Crippen LogP contribution < -0.4 is 4.74 Å². The Bertz CT molecular complexity index is 694. The average molecular weight is 288 g/mol. The first-order chi connectivity index (χ1) is 9.86. The van der Waals surface area contributed by atoms with Crippen LogP contribution in [0, 0.1) is 0 Å². The molecule has 4 heteroatoms. The van der Waals surface area contributed by atoms with E-state index in [1.54, 1.807) is 0 Å². The molecule has 3 aromatic rings. The number of hydrogen-bond acceptors (Lipinski definition) is 3. The van der Waals surface area contributed by atoms with Crippen molar-refractivity contribution >= 4 is 22.6 Å². The van der Waals surface area contributed by atoms with Crippen LogP contribution >= 0.6 is 11.6 Å². The number of halogens is 1. The minimum absolute atomic E-state index is 0.525. The molecule has 20 heavy (non-hydrogen) atoms. The second kappa shape index (κ2) is 5.97. The Balaban J connectivity index is 1.79. The molecule has 0 unspecified atom stereocenters. The number of aromatic nitrogens is 1. The van der Waals surface area contributed by atoms with Gasteiger partial charge in [-0.05, 0) is 23.8 Å². The number of aryl methyl sites for hydroxylation is 1. The highest BCUT2D eigenvalue weighted by atomic mass is 35.5. The Morgan fingerprint density at radius 3 is 2.75 bits per heavy atom. The van der Waals surface area contributed by atoms with Gasteiger partial charge >= 0.3 is 0 Å². The molecule has 1 aromatic heterocycles. The highest BCUT2D eigenvalue weighted by Gasteiger charge is 2.09. The van der Waals surface area contributed by atoms with Crippen LogP contribution in [0.2, 0.25) is 0 Å². The lowest BCUT2D eigenvalue weighted by molar-refractivity contribution is 0.306. The molecule has 0 amide bonds. The third kappa shape index (κ3) is 2.78. The van der Waals surface area contributed by atoms with Gasteiger partial charge in [-0.15, -0.1) is 11.6 Å². The topological polar surface area (TPSA) is 35.3 Å². The van der Waals surface area contributed by atoms with Crippen LogP contribution in [0.5, 0.6) is 5.75 Å². The third-order valence-corrected chi connectivity index (χ3v) is 3.28. The lowest BCUT2D eigenvalue weighted by atomic mass is 10.2. The molecule has 0 radical (unpaired) electrons. The van der Waals surface area contributed by atoms with Crippen molar-refractivity contribution in [1.29, 1.82) is 0 Å². The average Bonchev–Trinajstić information content (AvgIpc) is 2.89. The van der Waals surface area contributed by atoms with Crippen LogP contribution in [0.4, 0.5) is 0 Å². The highest BCUT2D eigenvalue weighted by Crippen LogP contribution is 2.25. The van der Waals surface area contributed by atoms with E-state index in [1.807, 2.05) is 48.5 Å². The number of hydrogen-bond donors (Lipinski definition) is 0. The lowest BCUT2D eigenvalue weighted by Crippen LogP contribution is -1.95. The molecule has 0 saturated carbocycles. The van der Waals surface area contributed by atoms with Crippen molar-refractivity contribution in [2.75, 3.05) is 5.88 Å². The van der Waals surface area contributed by atoms with Gasteiger partial charge in [0.05, 0.1) is 5.69 Å². The van der Waals surface area contributed by atoms with Crippen molar-refractivity contribution in [2.24, 2.45) is 0 Å². The van der Waals surface area contributed by atoms with E-state index in [0.717, 1.165) is 28.0 Å². The Hall–Kier alpha value is -2.00. The van der Waals surface area contributed by atoms with E-state index in [0.29, 0.717) is 18.9 Å². The first-order valence-electron chi connectivity index (χ1n) is 6.48. The molecule has 0 aliphatic rings. The SMILES string of the molecule is ClCCc1noc2ccc(OCc3ccccc3)cc12. The molecular weight excluding hydrogens is 274 g/mol. The second-order valence-electron chi connectivity index (χ2n) is 4.50. The minimum Gasteiger partial charge on any atom is -0.489 e. The number of fused-ring (bicyclic) bond motifs is 1. The summed E-state index contributed by atoms with van der Waals surface area (Å²) in [5, 5.41) is 5.00. The summed E-state index contributed by atoms with van der Waals surface area (Å²) in [7, 11) is 0. The van der Waals surface area contributed by atoms with Crippen LogP contribution in [0.3, 0.4) is 0 Å². The predicted molar refractivity (Wildman–Crippen MR) is 79.2 cm³/mol. The Morgan fingerprint density at radius 2 is 1.95 bits per heavy atom. The predicted octanol–water partition coefficient (Wildman–Crippen LogP) is 4.19. The van der Waals surface area contributed by atoms with E-state index in [1.165, 1.54) is 0 Å². The van der Waals surface area contributed by atoms with Gasteiger partial charge in [-0.2, -0.15) is 0 Å². The fourth-order valence-electron chi connectivity index (χ4n) is 2.07. The standard InChI is InChI=1S/C16H14ClNO2/c17-9-8-15-14-10-13(6-7-16(14)20-18-15)19-11-12-4-2-1-3-5-12/h1-7,10H,8-9,11H2. The van der Waals surface area contributed by atoms with E-state index < -0.39 is 0 Å². The van der Waals surface area contributed by atoms with Crippen LogP contribution in [0.1, 0.15) is 11.3 Å². The molecule has 0 spiro atoms. The van der Waals surface area contributed by atoms with E-state index in [-0.39, 0.29) is 0 Å². The van der Waals surface area contributed by atoms with Gasteiger partial charge in [0, 0.05) is 17.7 Å². The molecule has 0 saturated heterocycles. The molecular formula is C16H14ClNO2. The largest absolute Gasteiger partial charge is 0.489 e. The number of benzene rings is 2. The van der Waals surface area contributed by atoms with Crippen molar-refractivity contribution < 1.29 is 9.26 Å². The van der Waals surface area contributed by atoms with Crippen molar-refractivity contribution in [3.05, 3.63) is 59.8 Å². The van der Waals surface area contributed by atoms with Crippen molar-refractivity contribution in [2.45, 2.75) is 13.0 Å². The van der Waals surface area contributed by atoms with Crippen LogP contribution in [-0.2, 0) is 13.0 Å². The summed E-state index contributed by atoms with van der Waals surface area (Å²) >= 11 is 5.76. The number of ether oxygens (including phenoxy) is 1. The van der Waals surface area contributed by atoms with Crippen LogP contribution in [0.15, 0.2) is 53.1 Å². The van der Waals surface area contributed by atoms with Gasteiger partial charge in [-0.3, -0.25) is 0 Å². The first-order valence-corrected chi connectivity index (χ1v) is 7.01. The Kier molecular flexibility index (Phi) is 3.88. The molecule has 0 bridgehead atoms. The van der Waals surface area contributed by atoms with E-state index in [4.69, 9.17) is 20.9 Å². The van der Waals surface area contributed by atoms with Crippen LogP contribution in [0.25, 0.3) is 11.0 Å². The van der Waals surface area contributed by atoms with E-state index in [2.05, 4.69) is 5.16 Å². The first kappa shape index (κ1) is 13.0. The normalized spacial score (nSPS) is 10.8. The number of rotatable bonds is 5. The minimum atomic E-state index is 0.525. The second-order valence-corrected chi connectivity index (χ2v) is 4.88. The third-order valence-electron chi connectivity index (χ3n) is 3.10. The zero-order chi connectivity index (χ0) is 13.8. The van der Waals surface area contributed by atoms with Gasteiger partial charge in [0.1, 0.15) is 12.4 Å². The monoisotopic (exact) mass is 287 g/mol. The zero-order valence-corrected chi connectivity index (χ0v) is 11.6.